The van der Waals surface area contributed by atoms with E-state index in [-0.39, 0.29) is 17.6 Å². The Bertz CT molecular complexity index is 693. The van der Waals surface area contributed by atoms with Crippen molar-refractivity contribution >= 4 is 23.4 Å². The Morgan fingerprint density at radius 2 is 1.83 bits per heavy atom. The van der Waals surface area contributed by atoms with Crippen LogP contribution in [0, 0.1) is 0 Å². The zero-order valence-corrected chi connectivity index (χ0v) is 15.3. The van der Waals surface area contributed by atoms with E-state index in [1.54, 1.807) is 32.4 Å². The number of nitrogens with one attached hydrogen (secondary N) is 1. The Morgan fingerprint density at radius 3 is 2.33 bits per heavy atom. The molecular weight excluding hydrogens is 328 g/mol. The molecule has 2 aromatic rings. The summed E-state index contributed by atoms with van der Waals surface area (Å²) in [4.78, 5) is 12.2. The van der Waals surface area contributed by atoms with Gasteiger partial charge in [0.1, 0.15) is 17.3 Å². The minimum Gasteiger partial charge on any atom is -0.497 e. The third-order valence-electron chi connectivity index (χ3n) is 3.35. The van der Waals surface area contributed by atoms with E-state index >= 15 is 0 Å². The second-order valence-electron chi connectivity index (χ2n) is 5.49. The lowest BCUT2D eigenvalue weighted by molar-refractivity contribution is -0.113. The van der Waals surface area contributed by atoms with Crippen molar-refractivity contribution in [1.29, 1.82) is 0 Å². The molecule has 1 N–H and O–H groups in total. The lowest BCUT2D eigenvalue weighted by Gasteiger charge is -2.10. The molecule has 0 aliphatic heterocycles. The maximum Gasteiger partial charge on any atom is 0.234 e. The third kappa shape index (κ3) is 4.41. The average molecular weight is 350 g/mol. The third-order valence-corrected chi connectivity index (χ3v) is 4.37. The van der Waals surface area contributed by atoms with Crippen LogP contribution >= 0.6 is 11.8 Å². The summed E-state index contributed by atoms with van der Waals surface area (Å²) in [6.45, 7) is 4.11. The van der Waals surface area contributed by atoms with Gasteiger partial charge in [-0.05, 0) is 0 Å². The molecule has 130 valence electrons. The number of aromatic nitrogens is 3. The number of nitrogens with zero attached hydrogens (tertiary/aromatic N) is 3. The van der Waals surface area contributed by atoms with E-state index in [0.717, 1.165) is 11.0 Å². The van der Waals surface area contributed by atoms with Gasteiger partial charge in [-0.15, -0.1) is 10.2 Å². The number of carbonyl (C=O) groups is 1. The maximum absolute atomic E-state index is 12.2. The molecule has 0 bridgehead atoms. The second kappa shape index (κ2) is 8.05. The first-order valence-corrected chi connectivity index (χ1v) is 8.48. The number of anilines is 1. The molecule has 0 aliphatic rings. The number of hydrogen-bond acceptors (Lipinski definition) is 6. The van der Waals surface area contributed by atoms with Gasteiger partial charge in [-0.2, -0.15) is 0 Å². The van der Waals surface area contributed by atoms with E-state index in [0.29, 0.717) is 17.2 Å². The van der Waals surface area contributed by atoms with Crippen molar-refractivity contribution in [2.45, 2.75) is 24.9 Å². The highest BCUT2D eigenvalue weighted by atomic mass is 32.2. The summed E-state index contributed by atoms with van der Waals surface area (Å²) in [5, 5.41) is 11.8. The molecule has 0 unspecified atom stereocenters. The summed E-state index contributed by atoms with van der Waals surface area (Å²) < 4.78 is 12.3. The van der Waals surface area contributed by atoms with Gasteiger partial charge < -0.3 is 19.4 Å². The van der Waals surface area contributed by atoms with Crippen molar-refractivity contribution in [2.24, 2.45) is 7.05 Å². The van der Waals surface area contributed by atoms with Crippen molar-refractivity contribution < 1.29 is 14.3 Å². The number of carbonyl (C=O) groups excluding carboxylic acids is 1. The highest BCUT2D eigenvalue weighted by Crippen LogP contribution is 2.26. The van der Waals surface area contributed by atoms with E-state index in [9.17, 15) is 4.79 Å². The lowest BCUT2D eigenvalue weighted by atomic mass is 10.2. The van der Waals surface area contributed by atoms with Crippen LogP contribution in [0.25, 0.3) is 0 Å². The molecule has 0 aliphatic carbocycles. The minimum atomic E-state index is -0.135. The van der Waals surface area contributed by atoms with Gasteiger partial charge in [0.15, 0.2) is 5.16 Å². The monoisotopic (exact) mass is 350 g/mol. The highest BCUT2D eigenvalue weighted by Gasteiger charge is 2.14. The van der Waals surface area contributed by atoms with Crippen LogP contribution in [-0.2, 0) is 11.8 Å². The molecule has 1 aromatic heterocycles. The van der Waals surface area contributed by atoms with Crippen LogP contribution in [0.15, 0.2) is 23.4 Å². The van der Waals surface area contributed by atoms with Crippen LogP contribution < -0.4 is 14.8 Å². The van der Waals surface area contributed by atoms with E-state index in [1.807, 2.05) is 11.6 Å². The Balaban J connectivity index is 1.99. The first-order chi connectivity index (χ1) is 11.4. The van der Waals surface area contributed by atoms with Gasteiger partial charge >= 0.3 is 0 Å². The summed E-state index contributed by atoms with van der Waals surface area (Å²) >= 11 is 1.35. The molecule has 0 fully saturated rings. The summed E-state index contributed by atoms with van der Waals surface area (Å²) in [6.07, 6.45) is 0. The number of benzene rings is 1. The van der Waals surface area contributed by atoms with Gasteiger partial charge in [-0.3, -0.25) is 4.79 Å². The Labute approximate surface area is 145 Å². The van der Waals surface area contributed by atoms with Crippen molar-refractivity contribution in [3.8, 4) is 11.5 Å². The molecule has 0 saturated carbocycles. The van der Waals surface area contributed by atoms with Crippen LogP contribution in [-0.4, -0.2) is 40.6 Å². The van der Waals surface area contributed by atoms with Crippen molar-refractivity contribution in [3.63, 3.8) is 0 Å². The summed E-state index contributed by atoms with van der Waals surface area (Å²) in [6, 6.07) is 5.23. The molecule has 1 heterocycles. The molecule has 0 saturated heterocycles. The predicted octanol–water partition coefficient (Wildman–Crippen LogP) is 2.69. The Kier molecular flexibility index (Phi) is 6.08. The summed E-state index contributed by atoms with van der Waals surface area (Å²) in [5.41, 5.74) is 0.623. The number of ether oxygens (including phenoxy) is 2. The fourth-order valence-electron chi connectivity index (χ4n) is 2.16. The highest BCUT2D eigenvalue weighted by molar-refractivity contribution is 7.99. The first kappa shape index (κ1) is 18.1. The molecule has 7 nitrogen and oxygen atoms in total. The van der Waals surface area contributed by atoms with E-state index in [1.165, 1.54) is 11.8 Å². The van der Waals surface area contributed by atoms with Crippen LogP contribution in [0.1, 0.15) is 25.6 Å². The summed E-state index contributed by atoms with van der Waals surface area (Å²) in [7, 11) is 5.04. The normalized spacial score (nSPS) is 10.8. The van der Waals surface area contributed by atoms with Gasteiger partial charge in [-0.1, -0.05) is 25.6 Å². The van der Waals surface area contributed by atoms with E-state index < -0.39 is 0 Å². The number of methoxy groups -OCH3 is 2. The van der Waals surface area contributed by atoms with E-state index in [4.69, 9.17) is 9.47 Å². The maximum atomic E-state index is 12.2. The van der Waals surface area contributed by atoms with E-state index in [2.05, 4.69) is 29.4 Å². The second-order valence-corrected chi connectivity index (χ2v) is 6.44. The number of hydrogen-bond donors (Lipinski definition) is 1. The molecule has 1 amide bonds. The number of rotatable bonds is 7. The zero-order valence-electron chi connectivity index (χ0n) is 14.5. The molecule has 0 atom stereocenters. The van der Waals surface area contributed by atoms with Gasteiger partial charge in [0.25, 0.3) is 0 Å². The minimum absolute atomic E-state index is 0.135. The predicted molar refractivity (Wildman–Crippen MR) is 94.0 cm³/mol. The lowest BCUT2D eigenvalue weighted by Crippen LogP contribution is -2.14. The van der Waals surface area contributed by atoms with Crippen molar-refractivity contribution in [2.75, 3.05) is 25.3 Å². The number of amides is 1. The largest absolute Gasteiger partial charge is 0.497 e. The van der Waals surface area contributed by atoms with Gasteiger partial charge in [0.2, 0.25) is 5.91 Å². The van der Waals surface area contributed by atoms with Gasteiger partial charge in [0, 0.05) is 36.9 Å². The molecule has 0 spiro atoms. The molecule has 0 radical (unpaired) electrons. The molecule has 8 heteroatoms. The zero-order chi connectivity index (χ0) is 17.7. The van der Waals surface area contributed by atoms with Gasteiger partial charge in [-0.25, -0.2) is 0 Å². The molecule has 24 heavy (non-hydrogen) atoms. The Hall–Kier alpha value is -2.22. The standard InChI is InChI=1S/C16H22N4O3S/c1-10(2)15-18-19-16(20(15)3)24-9-14(21)17-11-6-12(22-4)8-13(7-11)23-5/h6-8,10H,9H2,1-5H3,(H,17,21). The van der Waals surface area contributed by atoms with Crippen molar-refractivity contribution in [3.05, 3.63) is 24.0 Å². The van der Waals surface area contributed by atoms with Crippen LogP contribution in [0.3, 0.4) is 0 Å². The van der Waals surface area contributed by atoms with Gasteiger partial charge in [0.05, 0.1) is 20.0 Å². The SMILES string of the molecule is COc1cc(NC(=O)CSc2nnc(C(C)C)n2C)cc(OC)c1. The summed E-state index contributed by atoms with van der Waals surface area (Å²) in [5.74, 6) is 2.53. The molecule has 1 aromatic carbocycles. The molecular formula is C16H22N4O3S. The Morgan fingerprint density at radius 1 is 1.21 bits per heavy atom. The molecule has 2 rings (SSSR count). The first-order valence-electron chi connectivity index (χ1n) is 7.49. The smallest absolute Gasteiger partial charge is 0.234 e. The van der Waals surface area contributed by atoms with Crippen LogP contribution in [0.2, 0.25) is 0 Å². The topological polar surface area (TPSA) is 78.3 Å². The fourth-order valence-corrected chi connectivity index (χ4v) is 2.88. The van der Waals surface area contributed by atoms with Crippen LogP contribution in [0.4, 0.5) is 5.69 Å². The van der Waals surface area contributed by atoms with Crippen molar-refractivity contribution in [1.82, 2.24) is 14.8 Å². The average Bonchev–Trinajstić information content (AvgIpc) is 2.93. The fraction of sp³-hybridized carbons (Fsp3) is 0.438. The van der Waals surface area contributed by atoms with Crippen LogP contribution in [0.5, 0.6) is 11.5 Å². The number of thioether (sulfide) groups is 1. The quantitative estimate of drug-likeness (QED) is 0.774.